The van der Waals surface area contributed by atoms with E-state index in [1.807, 2.05) is 12.1 Å². The summed E-state index contributed by atoms with van der Waals surface area (Å²) >= 11 is 0. The molecule has 2 aromatic carbocycles. The molecule has 23 heavy (non-hydrogen) atoms. The molecule has 0 fully saturated rings. The zero-order chi connectivity index (χ0) is 17.3. The Kier molecular flexibility index (Phi) is 4.92. The summed E-state index contributed by atoms with van der Waals surface area (Å²) in [6.45, 7) is 7.95. The van der Waals surface area contributed by atoms with Gasteiger partial charge >= 0.3 is 0 Å². The van der Waals surface area contributed by atoms with E-state index in [4.69, 9.17) is 0 Å². The van der Waals surface area contributed by atoms with Crippen molar-refractivity contribution in [1.29, 1.82) is 0 Å². The Labute approximate surface area is 137 Å². The lowest BCUT2D eigenvalue weighted by Gasteiger charge is -2.20. The van der Waals surface area contributed by atoms with E-state index in [9.17, 15) is 12.8 Å². The molecular formula is C18H22FNO2S. The van der Waals surface area contributed by atoms with E-state index in [2.05, 4.69) is 25.5 Å². The summed E-state index contributed by atoms with van der Waals surface area (Å²) in [7, 11) is -3.62. The van der Waals surface area contributed by atoms with Crippen LogP contribution in [0.3, 0.4) is 0 Å². The van der Waals surface area contributed by atoms with Crippen molar-refractivity contribution in [2.75, 3.05) is 0 Å². The van der Waals surface area contributed by atoms with Gasteiger partial charge in [-0.05, 0) is 47.7 Å². The van der Waals surface area contributed by atoms with Crippen LogP contribution in [0, 0.1) is 5.82 Å². The van der Waals surface area contributed by atoms with E-state index in [1.165, 1.54) is 12.1 Å². The second kappa shape index (κ2) is 6.42. The quantitative estimate of drug-likeness (QED) is 0.912. The van der Waals surface area contributed by atoms with Gasteiger partial charge in [-0.1, -0.05) is 45.0 Å². The van der Waals surface area contributed by atoms with Crippen LogP contribution in [0.25, 0.3) is 0 Å². The predicted molar refractivity (Wildman–Crippen MR) is 90.3 cm³/mol. The fourth-order valence-electron chi connectivity index (χ4n) is 2.25. The Morgan fingerprint density at radius 3 is 1.96 bits per heavy atom. The van der Waals surface area contributed by atoms with Crippen molar-refractivity contribution in [3.05, 3.63) is 65.5 Å². The summed E-state index contributed by atoms with van der Waals surface area (Å²) in [4.78, 5) is 0.222. The van der Waals surface area contributed by atoms with Crippen LogP contribution in [0.4, 0.5) is 4.39 Å². The lowest BCUT2D eigenvalue weighted by atomic mass is 9.87. The molecule has 0 amide bonds. The molecule has 0 aliphatic carbocycles. The number of hydrogen-bond donors (Lipinski definition) is 1. The van der Waals surface area contributed by atoms with Crippen molar-refractivity contribution in [3.8, 4) is 0 Å². The van der Waals surface area contributed by atoms with Crippen molar-refractivity contribution in [2.45, 2.75) is 44.0 Å². The Bertz CT molecular complexity index is 760. The van der Waals surface area contributed by atoms with Crippen LogP contribution >= 0.6 is 0 Å². The van der Waals surface area contributed by atoms with Gasteiger partial charge in [0.2, 0.25) is 10.0 Å². The number of halogens is 1. The fraction of sp³-hybridized carbons (Fsp3) is 0.333. The zero-order valence-corrected chi connectivity index (χ0v) is 14.6. The molecular weight excluding hydrogens is 313 g/mol. The van der Waals surface area contributed by atoms with E-state index in [0.29, 0.717) is 5.56 Å². The maximum absolute atomic E-state index is 12.9. The molecule has 1 N–H and O–H groups in total. The fourth-order valence-corrected chi connectivity index (χ4v) is 3.49. The third-order valence-corrected chi connectivity index (χ3v) is 5.29. The molecule has 0 saturated heterocycles. The Morgan fingerprint density at radius 1 is 0.957 bits per heavy atom. The van der Waals surface area contributed by atoms with E-state index < -0.39 is 16.1 Å². The van der Waals surface area contributed by atoms with Crippen LogP contribution in [0.5, 0.6) is 0 Å². The molecule has 2 rings (SSSR count). The average molecular weight is 335 g/mol. The first-order valence-corrected chi connectivity index (χ1v) is 8.96. The van der Waals surface area contributed by atoms with Gasteiger partial charge in [0, 0.05) is 6.04 Å². The van der Waals surface area contributed by atoms with Crippen molar-refractivity contribution in [2.24, 2.45) is 0 Å². The van der Waals surface area contributed by atoms with Gasteiger partial charge in [0.15, 0.2) is 0 Å². The summed E-state index contributed by atoms with van der Waals surface area (Å²) in [5, 5.41) is 0. The lowest BCUT2D eigenvalue weighted by molar-refractivity contribution is 0.565. The molecule has 0 saturated carbocycles. The van der Waals surface area contributed by atoms with E-state index in [1.54, 1.807) is 31.2 Å². The smallest absolute Gasteiger partial charge is 0.207 e. The molecule has 0 spiro atoms. The van der Waals surface area contributed by atoms with Gasteiger partial charge in [-0.3, -0.25) is 0 Å². The van der Waals surface area contributed by atoms with Gasteiger partial charge in [0.25, 0.3) is 0 Å². The predicted octanol–water partition coefficient (Wildman–Crippen LogP) is 4.16. The Morgan fingerprint density at radius 2 is 1.48 bits per heavy atom. The summed E-state index contributed by atoms with van der Waals surface area (Å²) in [6, 6.07) is 12.2. The normalized spacial score (nSPS) is 13.8. The van der Waals surface area contributed by atoms with E-state index >= 15 is 0 Å². The Balaban J connectivity index is 2.20. The van der Waals surface area contributed by atoms with Gasteiger partial charge < -0.3 is 0 Å². The molecule has 0 unspecified atom stereocenters. The van der Waals surface area contributed by atoms with E-state index in [-0.39, 0.29) is 16.1 Å². The number of benzene rings is 2. The first-order chi connectivity index (χ1) is 10.6. The summed E-state index contributed by atoms with van der Waals surface area (Å²) < 4.78 is 40.5. The molecule has 0 aromatic heterocycles. The molecule has 3 nitrogen and oxygen atoms in total. The largest absolute Gasteiger partial charge is 0.241 e. The standard InChI is InChI=1S/C18H22FNO2S/c1-13(14-5-9-16(19)10-6-14)20-23(21,22)17-11-7-15(8-12-17)18(2,3)4/h5-13,20H,1-4H3/t13-/m0/s1. The van der Waals surface area contributed by atoms with Crippen LogP contribution in [0.2, 0.25) is 0 Å². The molecule has 5 heteroatoms. The summed E-state index contributed by atoms with van der Waals surface area (Å²) in [5.74, 6) is -0.346. The second-order valence-corrected chi connectivity index (χ2v) is 8.38. The van der Waals surface area contributed by atoms with Crippen molar-refractivity contribution in [3.63, 3.8) is 0 Å². The van der Waals surface area contributed by atoms with Gasteiger partial charge in [-0.25, -0.2) is 17.5 Å². The minimum Gasteiger partial charge on any atom is -0.207 e. The second-order valence-electron chi connectivity index (χ2n) is 6.67. The third kappa shape index (κ3) is 4.39. The molecule has 0 heterocycles. The van der Waals surface area contributed by atoms with Crippen LogP contribution in [0.1, 0.15) is 44.9 Å². The maximum atomic E-state index is 12.9. The minimum absolute atomic E-state index is 0.0306. The molecule has 0 aliphatic heterocycles. The van der Waals surface area contributed by atoms with Gasteiger partial charge in [-0.15, -0.1) is 0 Å². The zero-order valence-electron chi connectivity index (χ0n) is 13.8. The topological polar surface area (TPSA) is 46.2 Å². The van der Waals surface area contributed by atoms with Crippen LogP contribution in [-0.2, 0) is 15.4 Å². The SMILES string of the molecule is C[C@H](NS(=O)(=O)c1ccc(C(C)(C)C)cc1)c1ccc(F)cc1. The highest BCUT2D eigenvalue weighted by atomic mass is 32.2. The molecule has 0 aliphatic rings. The summed E-state index contributed by atoms with van der Waals surface area (Å²) in [6.07, 6.45) is 0. The number of sulfonamides is 1. The molecule has 0 radical (unpaired) electrons. The highest BCUT2D eigenvalue weighted by Crippen LogP contribution is 2.24. The third-order valence-electron chi connectivity index (χ3n) is 3.73. The van der Waals surface area contributed by atoms with Crippen molar-refractivity contribution in [1.82, 2.24) is 4.72 Å². The minimum atomic E-state index is -3.62. The van der Waals surface area contributed by atoms with Crippen molar-refractivity contribution >= 4 is 10.0 Å². The molecule has 124 valence electrons. The highest BCUT2D eigenvalue weighted by Gasteiger charge is 2.20. The summed E-state index contributed by atoms with van der Waals surface area (Å²) in [5.41, 5.74) is 1.75. The van der Waals surface area contributed by atoms with E-state index in [0.717, 1.165) is 5.56 Å². The maximum Gasteiger partial charge on any atom is 0.241 e. The molecule has 2 aromatic rings. The van der Waals surface area contributed by atoms with Crippen molar-refractivity contribution < 1.29 is 12.8 Å². The van der Waals surface area contributed by atoms with Gasteiger partial charge in [0.1, 0.15) is 5.82 Å². The van der Waals surface area contributed by atoms with Crippen LogP contribution < -0.4 is 4.72 Å². The molecule has 1 atom stereocenters. The first-order valence-electron chi connectivity index (χ1n) is 7.48. The Hall–Kier alpha value is -1.72. The first kappa shape index (κ1) is 17.6. The number of hydrogen-bond acceptors (Lipinski definition) is 2. The lowest BCUT2D eigenvalue weighted by Crippen LogP contribution is -2.27. The number of rotatable bonds is 4. The van der Waals surface area contributed by atoms with Crippen LogP contribution in [0.15, 0.2) is 53.4 Å². The molecule has 0 bridgehead atoms. The van der Waals surface area contributed by atoms with Gasteiger partial charge in [0.05, 0.1) is 4.90 Å². The van der Waals surface area contributed by atoms with Crippen LogP contribution in [-0.4, -0.2) is 8.42 Å². The van der Waals surface area contributed by atoms with Gasteiger partial charge in [-0.2, -0.15) is 0 Å². The average Bonchev–Trinajstić information content (AvgIpc) is 2.46. The monoisotopic (exact) mass is 335 g/mol. The number of nitrogens with one attached hydrogen (secondary N) is 1. The highest BCUT2D eigenvalue weighted by molar-refractivity contribution is 7.89.